The van der Waals surface area contributed by atoms with Crippen LogP contribution in [0.25, 0.3) is 0 Å². The maximum Gasteiger partial charge on any atom is 0.0406 e. The lowest BCUT2D eigenvalue weighted by molar-refractivity contribution is 0.0246. The number of nitrogens with zero attached hydrogens (tertiary/aromatic N) is 3. The monoisotopic (exact) mass is 367 g/mol. The Balaban J connectivity index is 1.73. The van der Waals surface area contributed by atoms with Crippen molar-refractivity contribution in [3.8, 4) is 0 Å². The Hall–Kier alpha value is -0.260. The molecule has 0 radical (unpaired) electrons. The van der Waals surface area contributed by atoms with E-state index in [1.54, 1.807) is 0 Å². The van der Waals surface area contributed by atoms with Gasteiger partial charge in [0.15, 0.2) is 0 Å². The van der Waals surface area contributed by atoms with E-state index >= 15 is 0 Å². The van der Waals surface area contributed by atoms with Gasteiger partial charge in [0.2, 0.25) is 0 Å². The van der Waals surface area contributed by atoms with Gasteiger partial charge >= 0.3 is 0 Å². The van der Waals surface area contributed by atoms with E-state index in [1.165, 1.54) is 38.0 Å². The third-order valence-corrected chi connectivity index (χ3v) is 6.83. The van der Waals surface area contributed by atoms with Gasteiger partial charge in [0.25, 0.3) is 0 Å². The molecule has 0 saturated carbocycles. The number of hydrogen-bond acceptors (Lipinski definition) is 4. The third-order valence-electron chi connectivity index (χ3n) is 5.60. The third kappa shape index (κ3) is 4.47. The van der Waals surface area contributed by atoms with Crippen molar-refractivity contribution in [2.45, 2.75) is 44.3 Å². The van der Waals surface area contributed by atoms with Crippen molar-refractivity contribution in [2.24, 2.45) is 0 Å². The molecule has 2 aliphatic rings. The lowest BCUT2D eigenvalue weighted by atomic mass is 9.95. The molecule has 0 N–H and O–H groups in total. The van der Waals surface area contributed by atoms with Gasteiger partial charge in [0, 0.05) is 36.2 Å². The van der Waals surface area contributed by atoms with Crippen molar-refractivity contribution in [3.63, 3.8) is 0 Å². The molecule has 2 atom stereocenters. The van der Waals surface area contributed by atoms with E-state index < -0.39 is 0 Å². The fourth-order valence-electron chi connectivity index (χ4n) is 4.14. The van der Waals surface area contributed by atoms with Crippen LogP contribution in [0.2, 0.25) is 5.02 Å². The molecule has 3 rings (SSSR count). The van der Waals surface area contributed by atoms with Crippen molar-refractivity contribution in [1.29, 1.82) is 0 Å². The van der Waals surface area contributed by atoms with Gasteiger partial charge in [-0.25, -0.2) is 4.31 Å². The van der Waals surface area contributed by atoms with E-state index in [2.05, 4.69) is 46.5 Å². The Morgan fingerprint density at radius 1 is 1.12 bits per heavy atom. The fourth-order valence-corrected chi connectivity index (χ4v) is 5.01. The quantitative estimate of drug-likeness (QED) is 0.751. The summed E-state index contributed by atoms with van der Waals surface area (Å²) in [4.78, 5) is 5.28. The Morgan fingerprint density at radius 3 is 2.42 bits per heavy atom. The van der Waals surface area contributed by atoms with Gasteiger partial charge in [-0.3, -0.25) is 4.90 Å². The smallest absolute Gasteiger partial charge is 0.0406 e. The minimum atomic E-state index is 0.600. The van der Waals surface area contributed by atoms with Gasteiger partial charge in [0.1, 0.15) is 0 Å². The first-order valence-electron chi connectivity index (χ1n) is 9.06. The maximum absolute atomic E-state index is 6.06. The zero-order chi connectivity index (χ0) is 17.1. The summed E-state index contributed by atoms with van der Waals surface area (Å²) >= 11 is 7.95. The molecule has 2 aliphatic heterocycles. The van der Waals surface area contributed by atoms with Crippen molar-refractivity contribution >= 4 is 23.5 Å². The highest BCUT2D eigenvalue weighted by Crippen LogP contribution is 2.28. The van der Waals surface area contributed by atoms with Gasteiger partial charge in [0.05, 0.1) is 0 Å². The Kier molecular flexibility index (Phi) is 6.50. The molecule has 1 aromatic rings. The van der Waals surface area contributed by atoms with Crippen LogP contribution >= 0.6 is 23.5 Å². The lowest BCUT2D eigenvalue weighted by Gasteiger charge is -2.49. The van der Waals surface area contributed by atoms with Crippen LogP contribution in [0.3, 0.4) is 0 Å². The molecule has 0 bridgehead atoms. The van der Waals surface area contributed by atoms with Crippen molar-refractivity contribution < 1.29 is 0 Å². The predicted octanol–water partition coefficient (Wildman–Crippen LogP) is 3.63. The zero-order valence-corrected chi connectivity index (χ0v) is 16.7. The van der Waals surface area contributed by atoms with E-state index in [0.717, 1.165) is 24.0 Å². The lowest BCUT2D eigenvalue weighted by Crippen LogP contribution is -2.60. The summed E-state index contributed by atoms with van der Waals surface area (Å²) in [6.07, 6.45) is 5.94. The average Bonchev–Trinajstić information content (AvgIpc) is 2.59. The van der Waals surface area contributed by atoms with Crippen LogP contribution in [0, 0.1) is 0 Å². The first kappa shape index (κ1) is 18.5. The molecular formula is C19H30ClN3S. The Labute approximate surface area is 156 Å². The minimum Gasteiger partial charge on any atom is -0.306 e. The fraction of sp³-hybridized carbons (Fsp3) is 0.684. The van der Waals surface area contributed by atoms with E-state index in [0.29, 0.717) is 12.1 Å². The number of rotatable bonds is 4. The topological polar surface area (TPSA) is 9.72 Å². The van der Waals surface area contributed by atoms with E-state index in [9.17, 15) is 0 Å². The Morgan fingerprint density at radius 2 is 1.79 bits per heavy atom. The van der Waals surface area contributed by atoms with Crippen LogP contribution in [0.15, 0.2) is 24.3 Å². The highest BCUT2D eigenvalue weighted by molar-refractivity contribution is 7.96. The summed E-state index contributed by atoms with van der Waals surface area (Å²) in [6.45, 7) is 7.17. The summed E-state index contributed by atoms with van der Waals surface area (Å²) in [5, 5.41) is 0.828. The molecule has 1 aromatic carbocycles. The Bertz CT molecular complexity index is 516. The molecular weight excluding hydrogens is 338 g/mol. The van der Waals surface area contributed by atoms with Gasteiger partial charge < -0.3 is 4.90 Å². The highest BCUT2D eigenvalue weighted by Gasteiger charge is 2.36. The van der Waals surface area contributed by atoms with Crippen LogP contribution in [0.5, 0.6) is 0 Å². The molecule has 0 spiro atoms. The molecule has 134 valence electrons. The highest BCUT2D eigenvalue weighted by atomic mass is 35.5. The van der Waals surface area contributed by atoms with Gasteiger partial charge in [-0.2, -0.15) is 0 Å². The summed E-state index contributed by atoms with van der Waals surface area (Å²) in [5.41, 5.74) is 1.40. The number of hydrogen-bond donors (Lipinski definition) is 0. The van der Waals surface area contributed by atoms with E-state index in [-0.39, 0.29) is 0 Å². The number of piperazine rings is 1. The average molecular weight is 368 g/mol. The molecule has 0 aromatic heterocycles. The van der Waals surface area contributed by atoms with Crippen LogP contribution in [-0.2, 0) is 6.42 Å². The summed E-state index contributed by atoms with van der Waals surface area (Å²) in [7, 11) is 2.25. The number of piperidine rings is 1. The first-order valence-corrected chi connectivity index (χ1v) is 10.6. The molecule has 3 nitrogen and oxygen atoms in total. The van der Waals surface area contributed by atoms with Gasteiger partial charge in [-0.15, -0.1) is 0 Å². The summed E-state index contributed by atoms with van der Waals surface area (Å²) < 4.78 is 2.56. The molecule has 0 aliphatic carbocycles. The first-order chi connectivity index (χ1) is 11.6. The van der Waals surface area contributed by atoms with Crippen LogP contribution in [0.4, 0.5) is 0 Å². The summed E-state index contributed by atoms with van der Waals surface area (Å²) in [6, 6.07) is 10.4. The second-order valence-corrected chi connectivity index (χ2v) is 8.62. The normalized spacial score (nSPS) is 28.3. The molecule has 2 heterocycles. The van der Waals surface area contributed by atoms with E-state index in [4.69, 9.17) is 11.6 Å². The maximum atomic E-state index is 6.06. The summed E-state index contributed by atoms with van der Waals surface area (Å²) in [5.74, 6) is 0. The number of likely N-dealkylation sites (tertiary alicyclic amines) is 1. The van der Waals surface area contributed by atoms with Crippen molar-refractivity contribution in [3.05, 3.63) is 34.9 Å². The van der Waals surface area contributed by atoms with Crippen LogP contribution < -0.4 is 0 Å². The molecule has 2 fully saturated rings. The second kappa shape index (κ2) is 8.41. The van der Waals surface area contributed by atoms with Gasteiger partial charge in [-0.05, 0) is 70.3 Å². The SMILES string of the molecule is CSN1C[C@H](Cc2ccc(Cl)cc2)N(C2CCN(C)CC2)C[C@@H]1C. The molecule has 24 heavy (non-hydrogen) atoms. The largest absolute Gasteiger partial charge is 0.306 e. The van der Waals surface area contributed by atoms with Gasteiger partial charge in [-0.1, -0.05) is 35.7 Å². The second-order valence-electron chi connectivity index (χ2n) is 7.35. The van der Waals surface area contributed by atoms with Crippen molar-refractivity contribution in [2.75, 3.05) is 39.5 Å². The molecule has 5 heteroatoms. The number of halogens is 1. The predicted molar refractivity (Wildman–Crippen MR) is 106 cm³/mol. The standard InChI is InChI=1S/C19H30ClN3S/c1-15-13-22(18-8-10-21(2)11-9-18)19(14-23(15)24-3)12-16-4-6-17(20)7-5-16/h4-7,15,18-19H,8-14H2,1-3H3/t15-,19-/m0/s1. The zero-order valence-electron chi connectivity index (χ0n) is 15.1. The van der Waals surface area contributed by atoms with Crippen LogP contribution in [-0.4, -0.2) is 71.7 Å². The molecule has 0 unspecified atom stereocenters. The molecule has 2 saturated heterocycles. The van der Waals surface area contributed by atoms with Crippen LogP contribution in [0.1, 0.15) is 25.3 Å². The number of benzene rings is 1. The minimum absolute atomic E-state index is 0.600. The van der Waals surface area contributed by atoms with E-state index in [1.807, 2.05) is 24.1 Å². The van der Waals surface area contributed by atoms with Crippen molar-refractivity contribution in [1.82, 2.24) is 14.1 Å². The molecule has 0 amide bonds.